The number of hydrogen-bond acceptors (Lipinski definition) is 3. The van der Waals surface area contributed by atoms with Crippen LogP contribution in [-0.4, -0.2) is 20.7 Å². The lowest BCUT2D eigenvalue weighted by molar-refractivity contribution is 0.102. The van der Waals surface area contributed by atoms with Crippen molar-refractivity contribution in [3.05, 3.63) is 75.1 Å². The molecule has 2 aromatic heterocycles. The minimum atomic E-state index is -0.458. The topological polar surface area (TPSA) is 59.8 Å². The summed E-state index contributed by atoms with van der Waals surface area (Å²) in [4.78, 5) is 16.3. The molecular weight excluding hydrogens is 371 g/mol. The number of pyridine rings is 1. The molecule has 0 spiro atoms. The van der Waals surface area contributed by atoms with Gasteiger partial charge in [-0.3, -0.25) is 4.79 Å². The summed E-state index contributed by atoms with van der Waals surface area (Å²) in [6, 6.07) is 12.1. The standard InChI is InChI=1S/C16H11Cl3N4O/c17-11-3-1-10(2-4-11)9-23-14(7-8-20-23)22-16(24)15-12(18)5-6-13(19)21-15/h1-8H,9H2,(H,22,24). The molecule has 0 unspecified atom stereocenters. The highest BCUT2D eigenvalue weighted by Crippen LogP contribution is 2.19. The molecule has 0 bridgehead atoms. The third-order valence-electron chi connectivity index (χ3n) is 3.23. The average Bonchev–Trinajstić information content (AvgIpc) is 2.98. The maximum absolute atomic E-state index is 12.4. The molecule has 0 aliphatic rings. The van der Waals surface area contributed by atoms with Gasteiger partial charge < -0.3 is 5.32 Å². The first-order chi connectivity index (χ1) is 11.5. The summed E-state index contributed by atoms with van der Waals surface area (Å²) in [5.74, 6) is 0.0631. The molecule has 0 aliphatic carbocycles. The lowest BCUT2D eigenvalue weighted by atomic mass is 10.2. The Morgan fingerprint density at radius 1 is 1.04 bits per heavy atom. The van der Waals surface area contributed by atoms with E-state index in [-0.39, 0.29) is 15.9 Å². The number of nitrogens with zero attached hydrogens (tertiary/aromatic N) is 3. The molecule has 1 N–H and O–H groups in total. The number of rotatable bonds is 4. The quantitative estimate of drug-likeness (QED) is 0.675. The highest BCUT2D eigenvalue weighted by Gasteiger charge is 2.15. The number of halogens is 3. The fourth-order valence-electron chi connectivity index (χ4n) is 2.08. The molecule has 0 saturated heterocycles. The fourth-order valence-corrected chi connectivity index (χ4v) is 2.55. The maximum atomic E-state index is 12.4. The highest BCUT2D eigenvalue weighted by molar-refractivity contribution is 6.35. The third kappa shape index (κ3) is 3.87. The fraction of sp³-hybridized carbons (Fsp3) is 0.0625. The van der Waals surface area contributed by atoms with Crippen LogP contribution in [0, 0.1) is 0 Å². The van der Waals surface area contributed by atoms with E-state index in [0.717, 1.165) is 5.56 Å². The van der Waals surface area contributed by atoms with E-state index in [1.807, 2.05) is 12.1 Å². The lowest BCUT2D eigenvalue weighted by Crippen LogP contribution is -2.18. The van der Waals surface area contributed by atoms with Gasteiger partial charge in [0.05, 0.1) is 17.8 Å². The van der Waals surface area contributed by atoms with Crippen LogP contribution >= 0.6 is 34.8 Å². The summed E-state index contributed by atoms with van der Waals surface area (Å²) < 4.78 is 1.65. The maximum Gasteiger partial charge on any atom is 0.277 e. The molecule has 0 atom stereocenters. The van der Waals surface area contributed by atoms with Crippen LogP contribution in [0.4, 0.5) is 5.82 Å². The second-order valence-corrected chi connectivity index (χ2v) is 6.15. The van der Waals surface area contributed by atoms with Crippen LogP contribution < -0.4 is 5.32 Å². The summed E-state index contributed by atoms with van der Waals surface area (Å²) in [6.45, 7) is 0.483. The molecule has 3 aromatic rings. The van der Waals surface area contributed by atoms with E-state index in [1.165, 1.54) is 12.1 Å². The SMILES string of the molecule is O=C(Nc1ccnn1Cc1ccc(Cl)cc1)c1nc(Cl)ccc1Cl. The second-order valence-electron chi connectivity index (χ2n) is 4.92. The smallest absolute Gasteiger partial charge is 0.277 e. The zero-order valence-corrected chi connectivity index (χ0v) is 14.5. The van der Waals surface area contributed by atoms with Crippen LogP contribution in [0.15, 0.2) is 48.7 Å². The molecule has 0 aliphatic heterocycles. The first kappa shape index (κ1) is 16.8. The number of hydrogen-bond donors (Lipinski definition) is 1. The predicted molar refractivity (Wildman–Crippen MR) is 95.0 cm³/mol. The molecule has 8 heteroatoms. The molecule has 3 rings (SSSR count). The van der Waals surface area contributed by atoms with E-state index in [4.69, 9.17) is 34.8 Å². The van der Waals surface area contributed by atoms with Crippen molar-refractivity contribution in [2.24, 2.45) is 0 Å². The summed E-state index contributed by atoms with van der Waals surface area (Å²) in [5, 5.41) is 8.02. The van der Waals surface area contributed by atoms with Gasteiger partial charge in [-0.15, -0.1) is 0 Å². The van der Waals surface area contributed by atoms with Crippen LogP contribution in [0.3, 0.4) is 0 Å². The number of anilines is 1. The van der Waals surface area contributed by atoms with Gasteiger partial charge in [-0.25, -0.2) is 9.67 Å². The number of amides is 1. The van der Waals surface area contributed by atoms with E-state index in [9.17, 15) is 4.79 Å². The lowest BCUT2D eigenvalue weighted by Gasteiger charge is -2.10. The van der Waals surface area contributed by atoms with Crippen LogP contribution in [0.5, 0.6) is 0 Å². The van der Waals surface area contributed by atoms with Gasteiger partial charge in [0.2, 0.25) is 0 Å². The van der Waals surface area contributed by atoms with Crippen LogP contribution in [0.25, 0.3) is 0 Å². The van der Waals surface area contributed by atoms with Crippen molar-refractivity contribution in [1.29, 1.82) is 0 Å². The number of benzene rings is 1. The van der Waals surface area contributed by atoms with Crippen LogP contribution in [0.1, 0.15) is 16.1 Å². The van der Waals surface area contributed by atoms with Gasteiger partial charge >= 0.3 is 0 Å². The molecule has 0 fully saturated rings. The van der Waals surface area contributed by atoms with Gasteiger partial charge in [-0.05, 0) is 29.8 Å². The Morgan fingerprint density at radius 2 is 1.79 bits per heavy atom. The van der Waals surface area contributed by atoms with Crippen molar-refractivity contribution in [2.75, 3.05) is 5.32 Å². The Bertz CT molecular complexity index is 877. The molecule has 24 heavy (non-hydrogen) atoms. The minimum Gasteiger partial charge on any atom is -0.305 e. The van der Waals surface area contributed by atoms with E-state index in [2.05, 4.69) is 15.4 Å². The van der Waals surface area contributed by atoms with Crippen molar-refractivity contribution in [1.82, 2.24) is 14.8 Å². The van der Waals surface area contributed by atoms with Gasteiger partial charge in [0.15, 0.2) is 0 Å². The van der Waals surface area contributed by atoms with Crippen LogP contribution in [0.2, 0.25) is 15.2 Å². The minimum absolute atomic E-state index is 0.0587. The Balaban J connectivity index is 1.79. The van der Waals surface area contributed by atoms with E-state index in [1.54, 1.807) is 29.1 Å². The molecule has 5 nitrogen and oxygen atoms in total. The predicted octanol–water partition coefficient (Wildman–Crippen LogP) is 4.54. The molecule has 1 aromatic carbocycles. The zero-order chi connectivity index (χ0) is 17.1. The van der Waals surface area contributed by atoms with Gasteiger partial charge in [0, 0.05) is 11.1 Å². The summed E-state index contributed by atoms with van der Waals surface area (Å²) in [7, 11) is 0. The molecule has 0 saturated carbocycles. The Hall–Kier alpha value is -2.08. The third-order valence-corrected chi connectivity index (χ3v) is 4.00. The Labute approximate surface area is 153 Å². The van der Waals surface area contributed by atoms with Crippen molar-refractivity contribution in [3.63, 3.8) is 0 Å². The van der Waals surface area contributed by atoms with E-state index < -0.39 is 5.91 Å². The van der Waals surface area contributed by atoms with Gasteiger partial charge in [-0.1, -0.05) is 46.9 Å². The molecule has 0 radical (unpaired) electrons. The Kier molecular flexibility index (Phi) is 5.04. The van der Waals surface area contributed by atoms with Crippen molar-refractivity contribution >= 4 is 46.5 Å². The monoisotopic (exact) mass is 380 g/mol. The number of carbonyl (C=O) groups excluding carboxylic acids is 1. The molecule has 122 valence electrons. The summed E-state index contributed by atoms with van der Waals surface area (Å²) >= 11 is 17.7. The van der Waals surface area contributed by atoms with Gasteiger partial charge in [0.1, 0.15) is 16.7 Å². The summed E-state index contributed by atoms with van der Waals surface area (Å²) in [6.07, 6.45) is 1.60. The average molecular weight is 382 g/mol. The Morgan fingerprint density at radius 3 is 2.54 bits per heavy atom. The first-order valence-corrected chi connectivity index (χ1v) is 8.06. The summed E-state index contributed by atoms with van der Waals surface area (Å²) in [5.41, 5.74) is 1.06. The molecule has 1 amide bonds. The van der Waals surface area contributed by atoms with Gasteiger partial charge in [-0.2, -0.15) is 5.10 Å². The van der Waals surface area contributed by atoms with Crippen molar-refractivity contribution < 1.29 is 4.79 Å². The first-order valence-electron chi connectivity index (χ1n) is 6.92. The normalized spacial score (nSPS) is 10.6. The number of aromatic nitrogens is 3. The number of nitrogens with one attached hydrogen (secondary N) is 1. The van der Waals surface area contributed by atoms with Crippen molar-refractivity contribution in [3.8, 4) is 0 Å². The largest absolute Gasteiger partial charge is 0.305 e. The molecule has 2 heterocycles. The molecular formula is C16H11Cl3N4O. The van der Waals surface area contributed by atoms with E-state index in [0.29, 0.717) is 17.4 Å². The van der Waals surface area contributed by atoms with Crippen LogP contribution in [-0.2, 0) is 6.54 Å². The van der Waals surface area contributed by atoms with Gasteiger partial charge in [0.25, 0.3) is 5.91 Å². The second kappa shape index (κ2) is 7.21. The number of carbonyl (C=O) groups is 1. The highest BCUT2D eigenvalue weighted by atomic mass is 35.5. The van der Waals surface area contributed by atoms with Crippen molar-refractivity contribution in [2.45, 2.75) is 6.54 Å². The van der Waals surface area contributed by atoms with E-state index >= 15 is 0 Å². The zero-order valence-electron chi connectivity index (χ0n) is 12.2.